The van der Waals surface area contributed by atoms with Crippen LogP contribution in [0.4, 0.5) is 0 Å². The van der Waals surface area contributed by atoms with Crippen LogP contribution in [0.5, 0.6) is 11.5 Å². The van der Waals surface area contributed by atoms with E-state index >= 15 is 0 Å². The second-order valence-electron chi connectivity index (χ2n) is 4.43. The molecule has 0 saturated heterocycles. The molecule has 1 N–H and O–H groups in total. The number of nitrogens with one attached hydrogen (secondary N) is 1. The van der Waals surface area contributed by atoms with Crippen LogP contribution < -0.4 is 14.9 Å². The normalized spacial score (nSPS) is 12.6. The van der Waals surface area contributed by atoms with Gasteiger partial charge in [0.25, 0.3) is 5.91 Å². The fourth-order valence-electron chi connectivity index (χ4n) is 1.86. The van der Waals surface area contributed by atoms with E-state index in [0.29, 0.717) is 32.7 Å². The van der Waals surface area contributed by atoms with Gasteiger partial charge in [-0.3, -0.25) is 4.79 Å². The number of hydrogen-bond donors (Lipinski definition) is 1. The highest BCUT2D eigenvalue weighted by Crippen LogP contribution is 2.36. The Labute approximate surface area is 136 Å². The van der Waals surface area contributed by atoms with Crippen LogP contribution in [0.3, 0.4) is 0 Å². The molecule has 1 aliphatic heterocycles. The SMILES string of the molecule is O=C(N/N=C/c1cc2c(cc1Cl)OCO2)c1ccc(Cl)cc1. The molecular formula is C15H10Cl2N2O3. The highest BCUT2D eigenvalue weighted by atomic mass is 35.5. The van der Waals surface area contributed by atoms with E-state index in [1.54, 1.807) is 36.4 Å². The predicted octanol–water partition coefficient (Wildman–Crippen LogP) is 3.49. The van der Waals surface area contributed by atoms with Gasteiger partial charge in [0.15, 0.2) is 11.5 Å². The molecule has 0 bridgehead atoms. The lowest BCUT2D eigenvalue weighted by Crippen LogP contribution is -2.17. The van der Waals surface area contributed by atoms with Gasteiger partial charge in [0.2, 0.25) is 6.79 Å². The van der Waals surface area contributed by atoms with Crippen molar-refractivity contribution in [2.75, 3.05) is 6.79 Å². The standard InChI is InChI=1S/C15H10Cl2N2O3/c16-11-3-1-9(2-4-11)15(20)19-18-7-10-5-13-14(6-12(10)17)22-8-21-13/h1-7H,8H2,(H,19,20)/b18-7+. The quantitative estimate of drug-likeness (QED) is 0.689. The third-order valence-corrected chi connectivity index (χ3v) is 3.55. The second-order valence-corrected chi connectivity index (χ2v) is 5.28. The van der Waals surface area contributed by atoms with Crippen molar-refractivity contribution >= 4 is 35.3 Å². The average molecular weight is 337 g/mol. The number of carbonyl (C=O) groups is 1. The third kappa shape index (κ3) is 3.16. The second kappa shape index (κ2) is 6.25. The Kier molecular flexibility index (Phi) is 4.18. The summed E-state index contributed by atoms with van der Waals surface area (Å²) < 4.78 is 10.5. The smallest absolute Gasteiger partial charge is 0.271 e. The molecule has 22 heavy (non-hydrogen) atoms. The van der Waals surface area contributed by atoms with Crippen molar-refractivity contribution in [2.45, 2.75) is 0 Å². The molecule has 1 heterocycles. The number of nitrogens with zero attached hydrogens (tertiary/aromatic N) is 1. The molecule has 0 saturated carbocycles. The number of hydrazone groups is 1. The van der Waals surface area contributed by atoms with Crippen molar-refractivity contribution in [3.63, 3.8) is 0 Å². The third-order valence-electron chi connectivity index (χ3n) is 2.97. The molecule has 1 aliphatic rings. The van der Waals surface area contributed by atoms with Gasteiger partial charge in [0.1, 0.15) is 0 Å². The Morgan fingerprint density at radius 3 is 2.55 bits per heavy atom. The minimum atomic E-state index is -0.343. The summed E-state index contributed by atoms with van der Waals surface area (Å²) in [5.74, 6) is 0.840. The van der Waals surface area contributed by atoms with E-state index in [9.17, 15) is 4.79 Å². The lowest BCUT2D eigenvalue weighted by Gasteiger charge is -2.02. The van der Waals surface area contributed by atoms with Gasteiger partial charge in [0, 0.05) is 22.2 Å². The van der Waals surface area contributed by atoms with Crippen LogP contribution in [0.15, 0.2) is 41.5 Å². The van der Waals surface area contributed by atoms with E-state index in [2.05, 4.69) is 10.5 Å². The molecule has 112 valence electrons. The van der Waals surface area contributed by atoms with Crippen LogP contribution in [-0.2, 0) is 0 Å². The monoisotopic (exact) mass is 336 g/mol. The maximum absolute atomic E-state index is 11.9. The molecule has 0 atom stereocenters. The first kappa shape index (κ1) is 14.7. The lowest BCUT2D eigenvalue weighted by molar-refractivity contribution is 0.0955. The van der Waals surface area contributed by atoms with Crippen LogP contribution in [0, 0.1) is 0 Å². The summed E-state index contributed by atoms with van der Waals surface area (Å²) >= 11 is 11.9. The summed E-state index contributed by atoms with van der Waals surface area (Å²) in [5.41, 5.74) is 3.49. The van der Waals surface area contributed by atoms with Gasteiger partial charge >= 0.3 is 0 Å². The first-order valence-corrected chi connectivity index (χ1v) is 7.07. The maximum Gasteiger partial charge on any atom is 0.271 e. The number of ether oxygens (including phenoxy) is 2. The average Bonchev–Trinajstić information content (AvgIpc) is 2.95. The van der Waals surface area contributed by atoms with E-state index in [-0.39, 0.29) is 12.7 Å². The van der Waals surface area contributed by atoms with Gasteiger partial charge in [-0.2, -0.15) is 5.10 Å². The Morgan fingerprint density at radius 1 is 1.14 bits per heavy atom. The van der Waals surface area contributed by atoms with E-state index in [1.165, 1.54) is 6.21 Å². The van der Waals surface area contributed by atoms with Crippen molar-refractivity contribution in [3.8, 4) is 11.5 Å². The fourth-order valence-corrected chi connectivity index (χ4v) is 2.19. The number of rotatable bonds is 3. The molecule has 0 aliphatic carbocycles. The highest BCUT2D eigenvalue weighted by molar-refractivity contribution is 6.33. The maximum atomic E-state index is 11.9. The molecule has 2 aromatic rings. The zero-order valence-electron chi connectivity index (χ0n) is 11.2. The van der Waals surface area contributed by atoms with Crippen molar-refractivity contribution in [1.29, 1.82) is 0 Å². The zero-order valence-corrected chi connectivity index (χ0v) is 12.7. The van der Waals surface area contributed by atoms with Crippen LogP contribution in [0.25, 0.3) is 0 Å². The molecule has 1 amide bonds. The number of carbonyl (C=O) groups excluding carboxylic acids is 1. The molecule has 2 aromatic carbocycles. The molecule has 0 aromatic heterocycles. The van der Waals surface area contributed by atoms with Crippen molar-refractivity contribution in [3.05, 3.63) is 57.6 Å². The van der Waals surface area contributed by atoms with Crippen LogP contribution in [-0.4, -0.2) is 18.9 Å². The first-order valence-electron chi connectivity index (χ1n) is 6.31. The zero-order chi connectivity index (χ0) is 15.5. The van der Waals surface area contributed by atoms with Gasteiger partial charge < -0.3 is 9.47 Å². The van der Waals surface area contributed by atoms with Crippen LogP contribution in [0.1, 0.15) is 15.9 Å². The van der Waals surface area contributed by atoms with Crippen molar-refractivity contribution < 1.29 is 14.3 Å². The summed E-state index contributed by atoms with van der Waals surface area (Å²) in [6, 6.07) is 9.83. The first-order chi connectivity index (χ1) is 10.6. The largest absolute Gasteiger partial charge is 0.454 e. The van der Waals surface area contributed by atoms with E-state index in [1.807, 2.05) is 0 Å². The van der Waals surface area contributed by atoms with E-state index in [0.717, 1.165) is 0 Å². The van der Waals surface area contributed by atoms with Gasteiger partial charge in [-0.25, -0.2) is 5.43 Å². The Morgan fingerprint density at radius 2 is 1.82 bits per heavy atom. The molecular weight excluding hydrogens is 327 g/mol. The minimum Gasteiger partial charge on any atom is -0.454 e. The molecule has 0 unspecified atom stereocenters. The molecule has 3 rings (SSSR count). The van der Waals surface area contributed by atoms with Gasteiger partial charge in [-0.05, 0) is 30.3 Å². The highest BCUT2D eigenvalue weighted by Gasteiger charge is 2.15. The fraction of sp³-hybridized carbons (Fsp3) is 0.0667. The summed E-state index contributed by atoms with van der Waals surface area (Å²) in [6.07, 6.45) is 1.44. The molecule has 0 spiro atoms. The molecule has 0 fully saturated rings. The van der Waals surface area contributed by atoms with Gasteiger partial charge in [-0.1, -0.05) is 23.2 Å². The number of hydrogen-bond acceptors (Lipinski definition) is 4. The summed E-state index contributed by atoms with van der Waals surface area (Å²) in [6.45, 7) is 0.166. The van der Waals surface area contributed by atoms with Gasteiger partial charge in [0.05, 0.1) is 11.2 Å². The van der Waals surface area contributed by atoms with Crippen LogP contribution >= 0.6 is 23.2 Å². The predicted molar refractivity (Wildman–Crippen MR) is 84.1 cm³/mol. The Bertz CT molecular complexity index is 745. The number of fused-ring (bicyclic) bond motifs is 1. The summed E-state index contributed by atoms with van der Waals surface area (Å²) in [4.78, 5) is 11.9. The summed E-state index contributed by atoms with van der Waals surface area (Å²) in [7, 11) is 0. The lowest BCUT2D eigenvalue weighted by atomic mass is 10.2. The molecule has 7 heteroatoms. The molecule has 5 nitrogen and oxygen atoms in total. The van der Waals surface area contributed by atoms with Crippen molar-refractivity contribution in [1.82, 2.24) is 5.43 Å². The van der Waals surface area contributed by atoms with Crippen LogP contribution in [0.2, 0.25) is 10.0 Å². The topological polar surface area (TPSA) is 59.9 Å². The molecule has 0 radical (unpaired) electrons. The van der Waals surface area contributed by atoms with E-state index < -0.39 is 0 Å². The van der Waals surface area contributed by atoms with Crippen molar-refractivity contribution in [2.24, 2.45) is 5.10 Å². The Balaban J connectivity index is 1.70. The van der Waals surface area contributed by atoms with Gasteiger partial charge in [-0.15, -0.1) is 0 Å². The Hall–Kier alpha value is -2.24. The number of benzene rings is 2. The minimum absolute atomic E-state index is 0.166. The number of amides is 1. The van der Waals surface area contributed by atoms with E-state index in [4.69, 9.17) is 32.7 Å². The summed E-state index contributed by atoms with van der Waals surface area (Å²) in [5, 5.41) is 4.90. The number of halogens is 2.